The van der Waals surface area contributed by atoms with Gasteiger partial charge in [-0.15, -0.1) is 10.2 Å². The minimum atomic E-state index is -0.661. The van der Waals surface area contributed by atoms with Crippen LogP contribution in [0.25, 0.3) is 5.82 Å². The van der Waals surface area contributed by atoms with E-state index in [0.29, 0.717) is 17.9 Å². The number of hydrogen-bond acceptors (Lipinski definition) is 9. The Morgan fingerprint density at radius 3 is 2.76 bits per heavy atom. The highest BCUT2D eigenvalue weighted by Gasteiger charge is 2.28. The number of piperidine rings is 1. The maximum Gasteiger partial charge on any atom is 0.338 e. The number of hydrogen-bond donors (Lipinski definition) is 2. The molecule has 2 N–H and O–H groups in total. The lowest BCUT2D eigenvalue weighted by molar-refractivity contribution is 0.0534. The Morgan fingerprint density at radius 1 is 1.24 bits per heavy atom. The second-order valence-electron chi connectivity index (χ2n) is 8.56. The van der Waals surface area contributed by atoms with Gasteiger partial charge in [0.25, 0.3) is 5.91 Å². The predicted molar refractivity (Wildman–Crippen MR) is 119 cm³/mol. The van der Waals surface area contributed by atoms with Gasteiger partial charge in [0.1, 0.15) is 19.3 Å². The Morgan fingerprint density at radius 2 is 2.06 bits per heavy atom. The van der Waals surface area contributed by atoms with Gasteiger partial charge < -0.3 is 20.1 Å². The Hall–Kier alpha value is -3.70. The van der Waals surface area contributed by atoms with Crippen molar-refractivity contribution in [3.8, 4) is 5.82 Å². The number of rotatable bonds is 6. The summed E-state index contributed by atoms with van der Waals surface area (Å²) in [4.78, 5) is 30.4. The zero-order valence-corrected chi connectivity index (χ0v) is 18.7. The van der Waals surface area contributed by atoms with Gasteiger partial charge in [-0.25, -0.2) is 14.5 Å². The van der Waals surface area contributed by atoms with Crippen LogP contribution in [-0.4, -0.2) is 72.5 Å². The number of carbonyl (C=O) groups excluding carboxylic acids is 2. The SMILES string of the molecule is Cc1c([C@@H](O)CN2CCC(NC(=O)c3ccc(-n4cncn4)nn3)CC2)ccc2c1COC2=O. The molecule has 0 aliphatic carbocycles. The van der Waals surface area contributed by atoms with Crippen LogP contribution in [0.3, 0.4) is 0 Å². The Kier molecular flexibility index (Phi) is 6.03. The first-order valence-corrected chi connectivity index (χ1v) is 11.2. The van der Waals surface area contributed by atoms with E-state index in [9.17, 15) is 14.7 Å². The first-order chi connectivity index (χ1) is 16.5. The zero-order chi connectivity index (χ0) is 23.7. The number of likely N-dealkylation sites (tertiary alicyclic amines) is 1. The molecule has 1 atom stereocenters. The lowest BCUT2D eigenvalue weighted by Gasteiger charge is -2.33. The van der Waals surface area contributed by atoms with E-state index in [1.165, 1.54) is 17.3 Å². The fourth-order valence-corrected chi connectivity index (χ4v) is 4.49. The van der Waals surface area contributed by atoms with E-state index in [0.717, 1.165) is 42.6 Å². The largest absolute Gasteiger partial charge is 0.457 e. The van der Waals surface area contributed by atoms with Crippen LogP contribution in [0.2, 0.25) is 0 Å². The van der Waals surface area contributed by atoms with E-state index in [-0.39, 0.29) is 30.2 Å². The van der Waals surface area contributed by atoms with Crippen LogP contribution in [0.4, 0.5) is 0 Å². The number of aromatic nitrogens is 5. The van der Waals surface area contributed by atoms with E-state index >= 15 is 0 Å². The first-order valence-electron chi connectivity index (χ1n) is 11.2. The van der Waals surface area contributed by atoms with Crippen molar-refractivity contribution in [1.82, 2.24) is 35.2 Å². The predicted octanol–water partition coefficient (Wildman–Crippen LogP) is 0.964. The van der Waals surface area contributed by atoms with E-state index in [1.807, 2.05) is 13.0 Å². The zero-order valence-electron chi connectivity index (χ0n) is 18.7. The summed E-state index contributed by atoms with van der Waals surface area (Å²) in [6.07, 6.45) is 3.79. The molecule has 0 unspecified atom stereocenters. The van der Waals surface area contributed by atoms with Crippen LogP contribution < -0.4 is 5.32 Å². The van der Waals surface area contributed by atoms with Crippen LogP contribution in [0, 0.1) is 6.92 Å². The lowest BCUT2D eigenvalue weighted by atomic mass is 9.94. The van der Waals surface area contributed by atoms with Gasteiger partial charge in [-0.05, 0) is 49.1 Å². The second kappa shape index (κ2) is 9.27. The number of benzene rings is 1. The third-order valence-corrected chi connectivity index (χ3v) is 6.46. The van der Waals surface area contributed by atoms with Crippen molar-refractivity contribution in [3.05, 3.63) is 64.9 Å². The summed E-state index contributed by atoms with van der Waals surface area (Å²) >= 11 is 0. The number of carbonyl (C=O) groups is 2. The molecule has 2 aliphatic heterocycles. The molecule has 2 aromatic heterocycles. The fourth-order valence-electron chi connectivity index (χ4n) is 4.49. The van der Waals surface area contributed by atoms with Gasteiger partial charge in [-0.1, -0.05) is 6.07 Å². The molecule has 11 heteroatoms. The molecule has 1 saturated heterocycles. The molecule has 4 heterocycles. The fraction of sp³-hybridized carbons (Fsp3) is 0.391. The number of fused-ring (bicyclic) bond motifs is 1. The molecule has 0 saturated carbocycles. The molecule has 3 aromatic rings. The molecule has 0 radical (unpaired) electrons. The number of cyclic esters (lactones) is 1. The molecule has 1 fully saturated rings. The Labute approximate surface area is 195 Å². The maximum absolute atomic E-state index is 12.6. The van der Waals surface area contributed by atoms with Gasteiger partial charge >= 0.3 is 5.97 Å². The maximum atomic E-state index is 12.6. The van der Waals surface area contributed by atoms with Crippen molar-refractivity contribution in [2.24, 2.45) is 0 Å². The summed E-state index contributed by atoms with van der Waals surface area (Å²) in [7, 11) is 0. The number of nitrogens with zero attached hydrogens (tertiary/aromatic N) is 6. The molecule has 34 heavy (non-hydrogen) atoms. The van der Waals surface area contributed by atoms with Gasteiger partial charge in [0.2, 0.25) is 0 Å². The smallest absolute Gasteiger partial charge is 0.338 e. The van der Waals surface area contributed by atoms with Crippen LogP contribution >= 0.6 is 0 Å². The van der Waals surface area contributed by atoms with E-state index < -0.39 is 6.10 Å². The molecule has 176 valence electrons. The van der Waals surface area contributed by atoms with Gasteiger partial charge in [0.15, 0.2) is 11.5 Å². The normalized spacial score (nSPS) is 17.3. The molecule has 1 aromatic carbocycles. The summed E-state index contributed by atoms with van der Waals surface area (Å²) in [6.45, 7) is 4.18. The van der Waals surface area contributed by atoms with Gasteiger partial charge in [-0.3, -0.25) is 4.79 Å². The highest BCUT2D eigenvalue weighted by molar-refractivity contribution is 5.94. The summed E-state index contributed by atoms with van der Waals surface area (Å²) in [6, 6.07) is 6.86. The Bertz CT molecular complexity index is 1190. The molecule has 11 nitrogen and oxygen atoms in total. The number of aliphatic hydroxyl groups excluding tert-OH is 1. The van der Waals surface area contributed by atoms with E-state index in [1.54, 1.807) is 18.2 Å². The summed E-state index contributed by atoms with van der Waals surface area (Å²) in [5, 5.41) is 25.9. The highest BCUT2D eigenvalue weighted by Crippen LogP contribution is 2.29. The second-order valence-corrected chi connectivity index (χ2v) is 8.56. The first kappa shape index (κ1) is 22.1. The van der Waals surface area contributed by atoms with Crippen molar-refractivity contribution >= 4 is 11.9 Å². The van der Waals surface area contributed by atoms with Crippen LogP contribution in [0.1, 0.15) is 56.5 Å². The van der Waals surface area contributed by atoms with E-state index in [4.69, 9.17) is 4.74 Å². The topological polar surface area (TPSA) is 135 Å². The molecule has 5 rings (SSSR count). The van der Waals surface area contributed by atoms with Crippen molar-refractivity contribution < 1.29 is 19.4 Å². The molecular weight excluding hydrogens is 438 g/mol. The average molecular weight is 463 g/mol. The van der Waals surface area contributed by atoms with Crippen LogP contribution in [0.5, 0.6) is 0 Å². The van der Waals surface area contributed by atoms with E-state index in [2.05, 4.69) is 30.5 Å². The number of ether oxygens (including phenoxy) is 1. The lowest BCUT2D eigenvalue weighted by Crippen LogP contribution is -2.45. The number of esters is 1. The standard InChI is InChI=1S/C23H25N7O4/c1-14-16(2-3-17-18(14)11-34-23(17)33)20(31)10-29-8-6-15(7-9-29)26-22(32)19-4-5-21(28-27-19)30-13-24-12-25-30/h2-5,12-13,15,20,31H,6-11H2,1H3,(H,26,32)/t20-/m0/s1. The number of nitrogens with one attached hydrogen (secondary N) is 1. The number of β-amino-alcohol motifs (C(OH)–C–C–N with tert-alkyl or cyclic N) is 1. The summed E-state index contributed by atoms with van der Waals surface area (Å²) in [5.41, 5.74) is 3.42. The van der Waals surface area contributed by atoms with Crippen molar-refractivity contribution in [1.29, 1.82) is 0 Å². The minimum absolute atomic E-state index is 0.0302. The highest BCUT2D eigenvalue weighted by atomic mass is 16.5. The van der Waals surface area contributed by atoms with Crippen molar-refractivity contribution in [2.75, 3.05) is 19.6 Å². The third kappa shape index (κ3) is 4.39. The minimum Gasteiger partial charge on any atom is -0.457 e. The van der Waals surface area contributed by atoms with Gasteiger partial charge in [0.05, 0.1) is 11.7 Å². The number of amides is 1. The number of aliphatic hydroxyl groups is 1. The van der Waals surface area contributed by atoms with Crippen LogP contribution in [0.15, 0.2) is 36.9 Å². The molecule has 0 bridgehead atoms. The van der Waals surface area contributed by atoms with Gasteiger partial charge in [0, 0.05) is 31.2 Å². The monoisotopic (exact) mass is 463 g/mol. The third-order valence-electron chi connectivity index (χ3n) is 6.46. The van der Waals surface area contributed by atoms with Crippen LogP contribution in [-0.2, 0) is 11.3 Å². The van der Waals surface area contributed by atoms with Crippen molar-refractivity contribution in [2.45, 2.75) is 38.5 Å². The Balaban J connectivity index is 1.13. The summed E-state index contributed by atoms with van der Waals surface area (Å²) in [5.74, 6) is -0.0827. The molecular formula is C23H25N7O4. The molecule has 0 spiro atoms. The molecule has 2 aliphatic rings. The van der Waals surface area contributed by atoms with Gasteiger partial charge in [-0.2, -0.15) is 5.10 Å². The quantitative estimate of drug-likeness (QED) is 0.513. The molecule has 1 amide bonds. The summed E-state index contributed by atoms with van der Waals surface area (Å²) < 4.78 is 6.58. The van der Waals surface area contributed by atoms with Crippen molar-refractivity contribution in [3.63, 3.8) is 0 Å². The average Bonchev–Trinajstić information content (AvgIpc) is 3.51.